The van der Waals surface area contributed by atoms with Crippen LogP contribution in [0.25, 0.3) is 0 Å². The number of benzene rings is 1. The van der Waals surface area contributed by atoms with Crippen LogP contribution in [0, 0.1) is 0 Å². The van der Waals surface area contributed by atoms with Crippen molar-refractivity contribution in [2.75, 3.05) is 26.3 Å². The summed E-state index contributed by atoms with van der Waals surface area (Å²) in [6.45, 7) is 5.36. The van der Waals surface area contributed by atoms with E-state index in [1.165, 1.54) is 4.31 Å². The third-order valence-electron chi connectivity index (χ3n) is 3.42. The standard InChI is InChI=1S/C15H23N3O4S/c1-12(2)17-15(19)16-11-13-5-3-4-6-14(13)23(20,21)18-7-9-22-10-8-18/h3-6,12H,7-11H2,1-2H3,(H2,16,17,19). The van der Waals surface area contributed by atoms with E-state index in [9.17, 15) is 13.2 Å². The second-order valence-corrected chi connectivity index (χ2v) is 7.51. The normalized spacial score (nSPS) is 16.3. The first-order valence-electron chi connectivity index (χ1n) is 7.61. The zero-order valence-electron chi connectivity index (χ0n) is 13.4. The molecule has 1 aliphatic heterocycles. The van der Waals surface area contributed by atoms with Gasteiger partial charge in [0.2, 0.25) is 10.0 Å². The highest BCUT2D eigenvalue weighted by molar-refractivity contribution is 7.89. The molecule has 2 rings (SSSR count). The third kappa shape index (κ3) is 4.66. The lowest BCUT2D eigenvalue weighted by molar-refractivity contribution is 0.0730. The summed E-state index contributed by atoms with van der Waals surface area (Å²) in [6.07, 6.45) is 0. The van der Waals surface area contributed by atoms with Crippen LogP contribution in [-0.4, -0.2) is 51.1 Å². The van der Waals surface area contributed by atoms with Crippen molar-refractivity contribution >= 4 is 16.1 Å². The Morgan fingerprint density at radius 1 is 1.26 bits per heavy atom. The molecule has 0 aliphatic carbocycles. The summed E-state index contributed by atoms with van der Waals surface area (Å²) in [5, 5.41) is 5.40. The number of ether oxygens (including phenoxy) is 1. The number of rotatable bonds is 5. The van der Waals surface area contributed by atoms with Crippen molar-refractivity contribution in [1.82, 2.24) is 14.9 Å². The molecule has 1 aliphatic rings. The number of sulfonamides is 1. The Balaban J connectivity index is 2.15. The Morgan fingerprint density at radius 3 is 2.57 bits per heavy atom. The molecule has 0 aromatic heterocycles. The Labute approximate surface area is 137 Å². The van der Waals surface area contributed by atoms with Crippen LogP contribution in [0.4, 0.5) is 4.79 Å². The molecule has 2 amide bonds. The van der Waals surface area contributed by atoms with Crippen molar-refractivity contribution in [2.24, 2.45) is 0 Å². The lowest BCUT2D eigenvalue weighted by atomic mass is 10.2. The van der Waals surface area contributed by atoms with Gasteiger partial charge in [-0.2, -0.15) is 4.31 Å². The largest absolute Gasteiger partial charge is 0.379 e. The number of hydrogen-bond donors (Lipinski definition) is 2. The number of carbonyl (C=O) groups is 1. The van der Waals surface area contributed by atoms with E-state index in [-0.39, 0.29) is 23.5 Å². The molecule has 0 atom stereocenters. The van der Waals surface area contributed by atoms with Crippen molar-refractivity contribution in [2.45, 2.75) is 31.3 Å². The smallest absolute Gasteiger partial charge is 0.315 e. The molecule has 0 bridgehead atoms. The van der Waals surface area contributed by atoms with Gasteiger partial charge >= 0.3 is 6.03 Å². The van der Waals surface area contributed by atoms with E-state index >= 15 is 0 Å². The van der Waals surface area contributed by atoms with E-state index in [2.05, 4.69) is 10.6 Å². The SMILES string of the molecule is CC(C)NC(=O)NCc1ccccc1S(=O)(=O)N1CCOCC1. The fraction of sp³-hybridized carbons (Fsp3) is 0.533. The summed E-state index contributed by atoms with van der Waals surface area (Å²) in [4.78, 5) is 11.9. The molecular weight excluding hydrogens is 318 g/mol. The minimum absolute atomic E-state index is 0.0160. The minimum atomic E-state index is -3.58. The summed E-state index contributed by atoms with van der Waals surface area (Å²) in [6, 6.07) is 6.42. The van der Waals surface area contributed by atoms with Gasteiger partial charge in [0, 0.05) is 25.7 Å². The Bertz CT molecular complexity index is 640. The summed E-state index contributed by atoms with van der Waals surface area (Å²) in [5.74, 6) is 0. The number of amides is 2. The summed E-state index contributed by atoms with van der Waals surface area (Å²) < 4.78 is 32.2. The van der Waals surface area contributed by atoms with Gasteiger partial charge in [0.05, 0.1) is 18.1 Å². The zero-order valence-corrected chi connectivity index (χ0v) is 14.2. The van der Waals surface area contributed by atoms with Crippen LogP contribution in [0.2, 0.25) is 0 Å². The second kappa shape index (κ2) is 7.76. The first-order valence-corrected chi connectivity index (χ1v) is 9.05. The number of carbonyl (C=O) groups excluding carboxylic acids is 1. The molecule has 0 saturated carbocycles. The van der Waals surface area contributed by atoms with E-state index in [0.717, 1.165) is 0 Å². The van der Waals surface area contributed by atoms with Gasteiger partial charge in [-0.1, -0.05) is 18.2 Å². The average Bonchev–Trinajstić information content (AvgIpc) is 2.53. The van der Waals surface area contributed by atoms with Gasteiger partial charge < -0.3 is 15.4 Å². The molecule has 0 spiro atoms. The van der Waals surface area contributed by atoms with Crippen molar-refractivity contribution < 1.29 is 17.9 Å². The molecule has 0 unspecified atom stereocenters. The van der Waals surface area contributed by atoms with Crippen molar-refractivity contribution in [3.05, 3.63) is 29.8 Å². The molecule has 7 nitrogen and oxygen atoms in total. The summed E-state index contributed by atoms with van der Waals surface area (Å²) in [7, 11) is -3.58. The molecule has 0 radical (unpaired) electrons. The maximum Gasteiger partial charge on any atom is 0.315 e. The average molecular weight is 341 g/mol. The van der Waals surface area contributed by atoms with Crippen LogP contribution in [0.1, 0.15) is 19.4 Å². The molecule has 1 heterocycles. The third-order valence-corrected chi connectivity index (χ3v) is 5.42. The Morgan fingerprint density at radius 2 is 1.91 bits per heavy atom. The molecule has 1 aromatic carbocycles. The molecule has 2 N–H and O–H groups in total. The number of nitrogens with one attached hydrogen (secondary N) is 2. The van der Waals surface area contributed by atoms with Crippen molar-refractivity contribution in [3.63, 3.8) is 0 Å². The van der Waals surface area contributed by atoms with Gasteiger partial charge in [0.1, 0.15) is 0 Å². The molecule has 23 heavy (non-hydrogen) atoms. The predicted octanol–water partition coefficient (Wildman–Crippen LogP) is 0.915. The van der Waals surface area contributed by atoms with Crippen molar-refractivity contribution in [3.8, 4) is 0 Å². The molecule has 128 valence electrons. The molecule has 1 aromatic rings. The van der Waals surface area contributed by atoms with Gasteiger partial charge in [0.25, 0.3) is 0 Å². The van der Waals surface area contributed by atoms with Gasteiger partial charge in [-0.25, -0.2) is 13.2 Å². The summed E-state index contributed by atoms with van der Waals surface area (Å²) >= 11 is 0. The first kappa shape index (κ1) is 17.7. The number of hydrogen-bond acceptors (Lipinski definition) is 4. The molecule has 1 fully saturated rings. The van der Waals surface area contributed by atoms with Crippen molar-refractivity contribution in [1.29, 1.82) is 0 Å². The second-order valence-electron chi connectivity index (χ2n) is 5.61. The summed E-state index contributed by atoms with van der Waals surface area (Å²) in [5.41, 5.74) is 0.567. The van der Waals surface area contributed by atoms with Crippen LogP contribution in [-0.2, 0) is 21.3 Å². The quantitative estimate of drug-likeness (QED) is 0.833. The molecule has 8 heteroatoms. The van der Waals surface area contributed by atoms with E-state index in [4.69, 9.17) is 4.74 Å². The topological polar surface area (TPSA) is 87.7 Å². The lowest BCUT2D eigenvalue weighted by Crippen LogP contribution is -2.41. The molecular formula is C15H23N3O4S. The van der Waals surface area contributed by atoms with Crippen LogP contribution >= 0.6 is 0 Å². The maximum atomic E-state index is 12.8. The minimum Gasteiger partial charge on any atom is -0.379 e. The van der Waals surface area contributed by atoms with Gasteiger partial charge in [0.15, 0.2) is 0 Å². The molecule has 1 saturated heterocycles. The maximum absolute atomic E-state index is 12.8. The van der Waals surface area contributed by atoms with E-state index < -0.39 is 10.0 Å². The monoisotopic (exact) mass is 341 g/mol. The Kier molecular flexibility index (Phi) is 5.97. The van der Waals surface area contributed by atoms with E-state index in [0.29, 0.717) is 31.9 Å². The van der Waals surface area contributed by atoms with Crippen LogP contribution in [0.3, 0.4) is 0 Å². The number of urea groups is 1. The Hall–Kier alpha value is -1.64. The highest BCUT2D eigenvalue weighted by atomic mass is 32.2. The predicted molar refractivity (Wildman–Crippen MR) is 86.5 cm³/mol. The number of nitrogens with zero attached hydrogens (tertiary/aromatic N) is 1. The fourth-order valence-electron chi connectivity index (χ4n) is 2.32. The van der Waals surface area contributed by atoms with E-state index in [1.54, 1.807) is 24.3 Å². The zero-order chi connectivity index (χ0) is 16.9. The fourth-order valence-corrected chi connectivity index (χ4v) is 3.95. The first-order chi connectivity index (χ1) is 10.9. The van der Waals surface area contributed by atoms with Gasteiger partial charge in [-0.05, 0) is 25.5 Å². The lowest BCUT2D eigenvalue weighted by Gasteiger charge is -2.27. The van der Waals surface area contributed by atoms with E-state index in [1.807, 2.05) is 13.8 Å². The highest BCUT2D eigenvalue weighted by Gasteiger charge is 2.28. The van der Waals surface area contributed by atoms with Crippen LogP contribution in [0.5, 0.6) is 0 Å². The van der Waals surface area contributed by atoms with Gasteiger partial charge in [-0.3, -0.25) is 0 Å². The van der Waals surface area contributed by atoms with Crippen LogP contribution in [0.15, 0.2) is 29.2 Å². The number of morpholine rings is 1. The highest BCUT2D eigenvalue weighted by Crippen LogP contribution is 2.21. The van der Waals surface area contributed by atoms with Gasteiger partial charge in [-0.15, -0.1) is 0 Å². The van der Waals surface area contributed by atoms with Crippen LogP contribution < -0.4 is 10.6 Å².